The summed E-state index contributed by atoms with van der Waals surface area (Å²) in [6.07, 6.45) is -3.46. The fourth-order valence-electron chi connectivity index (χ4n) is 4.43. The Labute approximate surface area is 215 Å². The molecular formula is C22H24F6N4O5S. The predicted octanol–water partition coefficient (Wildman–Crippen LogP) is 4.92. The van der Waals surface area contributed by atoms with Crippen LogP contribution in [0.1, 0.15) is 37.7 Å². The minimum atomic E-state index is -5.08. The summed E-state index contributed by atoms with van der Waals surface area (Å²) < 4.78 is 71.0. The number of carboxylic acids is 1. The van der Waals surface area contributed by atoms with Gasteiger partial charge in [-0.1, -0.05) is 30.6 Å². The number of alkyl halides is 6. The van der Waals surface area contributed by atoms with Gasteiger partial charge in [-0.2, -0.15) is 31.3 Å². The number of aromatic nitrogens is 1. The maximum absolute atomic E-state index is 13.1. The summed E-state index contributed by atoms with van der Waals surface area (Å²) in [5.74, 6) is -2.03. The molecule has 0 radical (unpaired) electrons. The Kier molecular flexibility index (Phi) is 9.17. The molecule has 38 heavy (non-hydrogen) atoms. The SMILES string of the molecule is O=C(O)C(F)(F)F.O=c1nc(N2CCN(CC3CCCCC3)CC2)sc2c([N+](=O)[O-])cc(C(F)(F)F)cc12. The quantitative estimate of drug-likeness (QED) is 0.313. The number of nitro groups is 1. The molecule has 0 bridgehead atoms. The van der Waals surface area contributed by atoms with Gasteiger partial charge in [-0.25, -0.2) is 4.79 Å². The standard InChI is InChI=1S/C20H23F3N4O3S.C2HF3O2/c21-20(22,23)14-10-15-17(16(11-14)27(29)30)31-19(24-18(15)28)26-8-6-25(7-9-26)12-13-4-2-1-3-5-13;3-2(4,5)1(6)7/h10-11,13H,1-9,12H2;(H,6,7). The third kappa shape index (κ3) is 7.52. The number of nitro benzene ring substituents is 1. The second-order valence-electron chi connectivity index (χ2n) is 9.02. The van der Waals surface area contributed by atoms with Crippen molar-refractivity contribution in [1.82, 2.24) is 9.88 Å². The average molecular weight is 571 g/mol. The number of hydrogen-bond acceptors (Lipinski definition) is 8. The van der Waals surface area contributed by atoms with Gasteiger partial charge in [0.15, 0.2) is 5.13 Å². The second kappa shape index (κ2) is 11.8. The van der Waals surface area contributed by atoms with E-state index in [4.69, 9.17) is 9.90 Å². The number of aliphatic carboxylic acids is 1. The summed E-state index contributed by atoms with van der Waals surface area (Å²) in [6, 6.07) is 1.14. The zero-order valence-electron chi connectivity index (χ0n) is 19.8. The topological polar surface area (TPSA) is 117 Å². The molecule has 0 spiro atoms. The first-order chi connectivity index (χ1) is 17.7. The van der Waals surface area contributed by atoms with Gasteiger partial charge in [0.2, 0.25) is 0 Å². The summed E-state index contributed by atoms with van der Waals surface area (Å²) in [4.78, 5) is 40.2. The Bertz CT molecular complexity index is 1220. The predicted molar refractivity (Wildman–Crippen MR) is 126 cm³/mol. The molecule has 0 atom stereocenters. The zero-order valence-corrected chi connectivity index (χ0v) is 20.7. The van der Waals surface area contributed by atoms with Gasteiger partial charge >= 0.3 is 18.3 Å². The van der Waals surface area contributed by atoms with Gasteiger partial charge in [0, 0.05) is 38.8 Å². The van der Waals surface area contributed by atoms with Crippen LogP contribution >= 0.6 is 11.3 Å². The lowest BCUT2D eigenvalue weighted by molar-refractivity contribution is -0.383. The third-order valence-electron chi connectivity index (χ3n) is 6.34. The van der Waals surface area contributed by atoms with Crippen molar-refractivity contribution in [2.24, 2.45) is 5.92 Å². The normalized spacial score (nSPS) is 17.7. The van der Waals surface area contributed by atoms with Crippen LogP contribution in [0.5, 0.6) is 0 Å². The first-order valence-corrected chi connectivity index (χ1v) is 12.5. The van der Waals surface area contributed by atoms with Gasteiger partial charge < -0.3 is 10.0 Å². The summed E-state index contributed by atoms with van der Waals surface area (Å²) in [5, 5.41) is 18.5. The number of nitrogens with zero attached hydrogens (tertiary/aromatic N) is 4. The minimum absolute atomic E-state index is 0.0716. The largest absolute Gasteiger partial charge is 0.490 e. The molecule has 0 unspecified atom stereocenters. The molecular weight excluding hydrogens is 546 g/mol. The molecule has 1 saturated carbocycles. The molecule has 2 heterocycles. The number of benzene rings is 1. The lowest BCUT2D eigenvalue weighted by atomic mass is 9.89. The first kappa shape index (κ1) is 29.5. The number of rotatable bonds is 4. The summed E-state index contributed by atoms with van der Waals surface area (Å²) in [6.45, 7) is 3.89. The molecule has 1 aromatic carbocycles. The third-order valence-corrected chi connectivity index (χ3v) is 7.51. The van der Waals surface area contributed by atoms with Gasteiger partial charge in [-0.15, -0.1) is 0 Å². The Hall–Kier alpha value is -3.01. The first-order valence-electron chi connectivity index (χ1n) is 11.6. The van der Waals surface area contributed by atoms with E-state index in [2.05, 4.69) is 9.88 Å². The summed E-state index contributed by atoms with van der Waals surface area (Å²) in [5.41, 5.74) is -2.81. The fourth-order valence-corrected chi connectivity index (χ4v) is 5.55. The molecule has 2 aliphatic rings. The van der Waals surface area contributed by atoms with E-state index in [-0.39, 0.29) is 10.1 Å². The maximum Gasteiger partial charge on any atom is 0.490 e. The highest BCUT2D eigenvalue weighted by Crippen LogP contribution is 2.38. The van der Waals surface area contributed by atoms with Crippen molar-refractivity contribution in [3.8, 4) is 0 Å². The molecule has 1 N–H and O–H groups in total. The van der Waals surface area contributed by atoms with Crippen LogP contribution in [0.2, 0.25) is 0 Å². The highest BCUT2D eigenvalue weighted by Gasteiger charge is 2.38. The molecule has 2 fully saturated rings. The minimum Gasteiger partial charge on any atom is -0.475 e. The van der Waals surface area contributed by atoms with Crippen molar-refractivity contribution in [3.63, 3.8) is 0 Å². The molecule has 1 saturated heterocycles. The molecule has 0 amide bonds. The van der Waals surface area contributed by atoms with E-state index in [0.29, 0.717) is 30.4 Å². The van der Waals surface area contributed by atoms with Crippen LogP contribution in [0.25, 0.3) is 10.1 Å². The highest BCUT2D eigenvalue weighted by molar-refractivity contribution is 7.22. The Morgan fingerprint density at radius 3 is 2.16 bits per heavy atom. The van der Waals surface area contributed by atoms with Crippen molar-refractivity contribution >= 4 is 38.2 Å². The number of halogens is 6. The number of anilines is 1. The monoisotopic (exact) mass is 570 g/mol. The van der Waals surface area contributed by atoms with Crippen molar-refractivity contribution in [1.29, 1.82) is 0 Å². The van der Waals surface area contributed by atoms with Crippen molar-refractivity contribution in [2.75, 3.05) is 37.6 Å². The molecule has 1 aliphatic heterocycles. The van der Waals surface area contributed by atoms with Crippen LogP contribution in [-0.4, -0.2) is 64.8 Å². The Morgan fingerprint density at radius 2 is 1.66 bits per heavy atom. The van der Waals surface area contributed by atoms with Crippen molar-refractivity contribution in [2.45, 2.75) is 44.5 Å². The van der Waals surface area contributed by atoms with Crippen molar-refractivity contribution < 1.29 is 41.2 Å². The van der Waals surface area contributed by atoms with E-state index >= 15 is 0 Å². The Morgan fingerprint density at radius 1 is 1.08 bits per heavy atom. The van der Waals surface area contributed by atoms with E-state index in [1.807, 2.05) is 4.90 Å². The number of fused-ring (bicyclic) bond motifs is 1. The Balaban J connectivity index is 0.000000505. The van der Waals surface area contributed by atoms with Gasteiger partial charge in [0.1, 0.15) is 4.70 Å². The van der Waals surface area contributed by atoms with Crippen LogP contribution in [0.3, 0.4) is 0 Å². The maximum atomic E-state index is 13.1. The smallest absolute Gasteiger partial charge is 0.475 e. The molecule has 1 aliphatic carbocycles. The zero-order chi connectivity index (χ0) is 28.3. The number of carbonyl (C=O) groups is 1. The molecule has 1 aromatic heterocycles. The van der Waals surface area contributed by atoms with E-state index in [0.717, 1.165) is 36.9 Å². The average Bonchev–Trinajstić information content (AvgIpc) is 2.83. The van der Waals surface area contributed by atoms with Gasteiger partial charge in [0.05, 0.1) is 15.9 Å². The van der Waals surface area contributed by atoms with Crippen molar-refractivity contribution in [3.05, 3.63) is 38.2 Å². The summed E-state index contributed by atoms with van der Waals surface area (Å²) >= 11 is 0.906. The molecule has 210 valence electrons. The molecule has 2 aromatic rings. The van der Waals surface area contributed by atoms with E-state index in [1.165, 1.54) is 32.1 Å². The molecule has 4 rings (SSSR count). The fraction of sp³-hybridized carbons (Fsp3) is 0.591. The second-order valence-corrected chi connectivity index (χ2v) is 10.0. The van der Waals surface area contributed by atoms with Crippen LogP contribution in [0.4, 0.5) is 37.2 Å². The lowest BCUT2D eigenvalue weighted by Gasteiger charge is -2.37. The number of non-ortho nitro benzene ring substituents is 1. The number of hydrogen-bond donors (Lipinski definition) is 1. The van der Waals surface area contributed by atoms with E-state index in [9.17, 15) is 41.3 Å². The van der Waals surface area contributed by atoms with E-state index < -0.39 is 40.1 Å². The molecule has 16 heteroatoms. The molecule has 9 nitrogen and oxygen atoms in total. The van der Waals surface area contributed by atoms with Gasteiger partial charge in [-0.3, -0.25) is 19.8 Å². The summed E-state index contributed by atoms with van der Waals surface area (Å²) in [7, 11) is 0. The van der Waals surface area contributed by atoms with Gasteiger partial charge in [-0.05, 0) is 24.8 Å². The van der Waals surface area contributed by atoms with Crippen LogP contribution in [0, 0.1) is 16.0 Å². The van der Waals surface area contributed by atoms with Crippen LogP contribution in [-0.2, 0) is 11.0 Å². The highest BCUT2D eigenvalue weighted by atomic mass is 32.1. The lowest BCUT2D eigenvalue weighted by Crippen LogP contribution is -2.48. The number of piperazine rings is 1. The van der Waals surface area contributed by atoms with Crippen LogP contribution in [0.15, 0.2) is 16.9 Å². The van der Waals surface area contributed by atoms with E-state index in [1.54, 1.807) is 0 Å². The van der Waals surface area contributed by atoms with Gasteiger partial charge in [0.25, 0.3) is 11.2 Å². The van der Waals surface area contributed by atoms with Crippen LogP contribution < -0.4 is 10.5 Å². The number of carboxylic acid groups (broad SMARTS) is 1.